The second kappa shape index (κ2) is 13.4. The van der Waals surface area contributed by atoms with Crippen LogP contribution in [-0.2, 0) is 35.5 Å². The molecule has 0 aliphatic heterocycles. The number of hydrogen-bond donors (Lipinski definition) is 1. The van der Waals surface area contributed by atoms with Crippen molar-refractivity contribution < 1.29 is 9.59 Å². The molecule has 0 spiro atoms. The van der Waals surface area contributed by atoms with Crippen molar-refractivity contribution in [2.45, 2.75) is 38.4 Å². The van der Waals surface area contributed by atoms with Gasteiger partial charge in [-0.2, -0.15) is 0 Å². The standard InChI is InChI=1S/C31H30ClN3O2/c32-28-14-11-27(12-15-28)23-35(30(36)16-13-24-7-3-1-4-8-24)29(21-25-9-5-2-6-10-25)31(37)34-22-26-17-19-33-20-18-26/h1-12,14-15,17-20,29H,13,16,21-23H2,(H,34,37). The van der Waals surface area contributed by atoms with Crippen molar-refractivity contribution in [3.05, 3.63) is 137 Å². The maximum atomic E-state index is 13.7. The highest BCUT2D eigenvalue weighted by Gasteiger charge is 2.30. The fourth-order valence-electron chi connectivity index (χ4n) is 4.19. The van der Waals surface area contributed by atoms with Crippen molar-refractivity contribution in [2.24, 2.45) is 0 Å². The Morgan fingerprint density at radius 2 is 1.38 bits per heavy atom. The van der Waals surface area contributed by atoms with Crippen LogP contribution in [0.1, 0.15) is 28.7 Å². The number of pyridine rings is 1. The van der Waals surface area contributed by atoms with E-state index in [1.54, 1.807) is 29.4 Å². The number of rotatable bonds is 11. The minimum absolute atomic E-state index is 0.0706. The Hall–Kier alpha value is -3.96. The van der Waals surface area contributed by atoms with Crippen molar-refractivity contribution in [2.75, 3.05) is 0 Å². The van der Waals surface area contributed by atoms with Crippen LogP contribution in [0.25, 0.3) is 0 Å². The van der Waals surface area contributed by atoms with Crippen LogP contribution in [0.3, 0.4) is 0 Å². The van der Waals surface area contributed by atoms with Crippen molar-refractivity contribution in [1.29, 1.82) is 0 Å². The smallest absolute Gasteiger partial charge is 0.243 e. The summed E-state index contributed by atoms with van der Waals surface area (Å²) in [7, 11) is 0. The third-order valence-electron chi connectivity index (χ3n) is 6.22. The van der Waals surface area contributed by atoms with Crippen LogP contribution in [0.2, 0.25) is 5.02 Å². The summed E-state index contributed by atoms with van der Waals surface area (Å²) in [5, 5.41) is 3.67. The van der Waals surface area contributed by atoms with E-state index >= 15 is 0 Å². The second-order valence-electron chi connectivity index (χ2n) is 8.91. The highest BCUT2D eigenvalue weighted by Crippen LogP contribution is 2.18. The summed E-state index contributed by atoms with van der Waals surface area (Å²) < 4.78 is 0. The number of aryl methyl sites for hydroxylation is 1. The van der Waals surface area contributed by atoms with Crippen molar-refractivity contribution >= 4 is 23.4 Å². The van der Waals surface area contributed by atoms with Crippen LogP contribution in [0.5, 0.6) is 0 Å². The lowest BCUT2D eigenvalue weighted by molar-refractivity contribution is -0.141. The van der Waals surface area contributed by atoms with E-state index in [1.807, 2.05) is 84.9 Å². The van der Waals surface area contributed by atoms with E-state index in [0.717, 1.165) is 22.3 Å². The first kappa shape index (κ1) is 26.1. The predicted molar refractivity (Wildman–Crippen MR) is 147 cm³/mol. The summed E-state index contributed by atoms with van der Waals surface area (Å²) in [6.07, 6.45) is 4.72. The van der Waals surface area contributed by atoms with Gasteiger partial charge >= 0.3 is 0 Å². The van der Waals surface area contributed by atoms with Gasteiger partial charge in [-0.05, 0) is 52.9 Å². The fraction of sp³-hybridized carbons (Fsp3) is 0.194. The Morgan fingerprint density at radius 1 is 0.757 bits per heavy atom. The molecule has 0 fully saturated rings. The van der Waals surface area contributed by atoms with Crippen LogP contribution in [0, 0.1) is 0 Å². The summed E-state index contributed by atoms with van der Waals surface area (Å²) >= 11 is 6.10. The number of aromatic nitrogens is 1. The van der Waals surface area contributed by atoms with Crippen LogP contribution < -0.4 is 5.32 Å². The molecule has 37 heavy (non-hydrogen) atoms. The van der Waals surface area contributed by atoms with Gasteiger partial charge in [-0.25, -0.2) is 0 Å². The summed E-state index contributed by atoms with van der Waals surface area (Å²) in [6.45, 7) is 0.671. The molecule has 3 aromatic carbocycles. The molecule has 1 aromatic heterocycles. The average molecular weight is 512 g/mol. The first-order valence-electron chi connectivity index (χ1n) is 12.4. The lowest BCUT2D eigenvalue weighted by Crippen LogP contribution is -2.50. The molecular weight excluding hydrogens is 482 g/mol. The van der Waals surface area contributed by atoms with Gasteiger partial charge in [0.2, 0.25) is 11.8 Å². The van der Waals surface area contributed by atoms with E-state index < -0.39 is 6.04 Å². The minimum atomic E-state index is -0.678. The van der Waals surface area contributed by atoms with Crippen molar-refractivity contribution in [3.63, 3.8) is 0 Å². The number of benzene rings is 3. The quantitative estimate of drug-likeness (QED) is 0.284. The Morgan fingerprint density at radius 3 is 2.03 bits per heavy atom. The molecule has 4 aromatic rings. The fourth-order valence-corrected chi connectivity index (χ4v) is 4.31. The third-order valence-corrected chi connectivity index (χ3v) is 6.48. The van der Waals surface area contributed by atoms with Gasteiger partial charge in [0.15, 0.2) is 0 Å². The molecule has 188 valence electrons. The van der Waals surface area contributed by atoms with E-state index in [1.165, 1.54) is 0 Å². The lowest BCUT2D eigenvalue weighted by Gasteiger charge is -2.32. The van der Waals surface area contributed by atoms with E-state index in [2.05, 4.69) is 10.3 Å². The van der Waals surface area contributed by atoms with E-state index in [0.29, 0.717) is 37.4 Å². The van der Waals surface area contributed by atoms with E-state index in [4.69, 9.17) is 11.6 Å². The average Bonchev–Trinajstić information content (AvgIpc) is 2.95. The molecule has 1 atom stereocenters. The van der Waals surface area contributed by atoms with E-state index in [-0.39, 0.29) is 11.8 Å². The van der Waals surface area contributed by atoms with Crippen LogP contribution in [0.15, 0.2) is 109 Å². The number of hydrogen-bond acceptors (Lipinski definition) is 3. The summed E-state index contributed by atoms with van der Waals surface area (Å²) in [6, 6.07) is 30.2. The van der Waals surface area contributed by atoms with Gasteiger partial charge in [0.05, 0.1) is 0 Å². The Balaban J connectivity index is 1.60. The lowest BCUT2D eigenvalue weighted by atomic mass is 10.0. The molecule has 0 saturated heterocycles. The third kappa shape index (κ3) is 8.02. The highest BCUT2D eigenvalue weighted by molar-refractivity contribution is 6.30. The molecule has 2 amide bonds. The molecule has 4 rings (SSSR count). The zero-order valence-corrected chi connectivity index (χ0v) is 21.4. The van der Waals surface area contributed by atoms with Gasteiger partial charge in [0.1, 0.15) is 6.04 Å². The normalized spacial score (nSPS) is 11.5. The van der Waals surface area contributed by atoms with Gasteiger partial charge in [-0.1, -0.05) is 84.4 Å². The number of amides is 2. The molecule has 1 heterocycles. The number of halogens is 1. The topological polar surface area (TPSA) is 62.3 Å². The molecule has 0 aliphatic carbocycles. The van der Waals surface area contributed by atoms with Crippen LogP contribution >= 0.6 is 11.6 Å². The summed E-state index contributed by atoms with van der Waals surface area (Å²) in [5.41, 5.74) is 3.94. The van der Waals surface area contributed by atoms with Gasteiger partial charge in [0.25, 0.3) is 0 Å². The van der Waals surface area contributed by atoms with Gasteiger partial charge in [-0.3, -0.25) is 14.6 Å². The maximum Gasteiger partial charge on any atom is 0.243 e. The molecule has 0 saturated carbocycles. The summed E-state index contributed by atoms with van der Waals surface area (Å²) in [5.74, 6) is -0.263. The molecule has 0 aliphatic rings. The Bertz CT molecular complexity index is 1270. The second-order valence-corrected chi connectivity index (χ2v) is 9.35. The maximum absolute atomic E-state index is 13.7. The Labute approximate surface area is 223 Å². The zero-order valence-electron chi connectivity index (χ0n) is 20.6. The molecule has 0 radical (unpaired) electrons. The molecule has 1 N–H and O–H groups in total. The minimum Gasteiger partial charge on any atom is -0.350 e. The predicted octanol–water partition coefficient (Wildman–Crippen LogP) is 5.62. The molecule has 1 unspecified atom stereocenters. The van der Waals surface area contributed by atoms with Crippen molar-refractivity contribution in [3.8, 4) is 0 Å². The molecule has 6 heteroatoms. The SMILES string of the molecule is O=C(NCc1ccncc1)C(Cc1ccccc1)N(Cc1ccc(Cl)cc1)C(=O)CCc1ccccc1. The number of nitrogens with zero attached hydrogens (tertiary/aromatic N) is 2. The highest BCUT2D eigenvalue weighted by atomic mass is 35.5. The summed E-state index contributed by atoms with van der Waals surface area (Å²) in [4.78, 5) is 33.1. The van der Waals surface area contributed by atoms with Crippen LogP contribution in [0.4, 0.5) is 0 Å². The molecular formula is C31H30ClN3O2. The van der Waals surface area contributed by atoms with Gasteiger partial charge in [0, 0.05) is 43.3 Å². The monoisotopic (exact) mass is 511 g/mol. The Kier molecular flexibility index (Phi) is 9.44. The van der Waals surface area contributed by atoms with Crippen LogP contribution in [-0.4, -0.2) is 27.7 Å². The zero-order chi connectivity index (χ0) is 25.9. The van der Waals surface area contributed by atoms with Crippen molar-refractivity contribution in [1.82, 2.24) is 15.2 Å². The number of carbonyl (C=O) groups excluding carboxylic acids is 2. The molecule has 0 bridgehead atoms. The first-order chi connectivity index (χ1) is 18.1. The largest absolute Gasteiger partial charge is 0.350 e. The van der Waals surface area contributed by atoms with Gasteiger partial charge < -0.3 is 10.2 Å². The molecule has 5 nitrogen and oxygen atoms in total. The number of carbonyl (C=O) groups is 2. The first-order valence-corrected chi connectivity index (χ1v) is 12.7. The van der Waals surface area contributed by atoms with Gasteiger partial charge in [-0.15, -0.1) is 0 Å². The number of nitrogens with one attached hydrogen (secondary N) is 1. The van der Waals surface area contributed by atoms with E-state index in [9.17, 15) is 9.59 Å².